The number of nitrogens with zero attached hydrogens (tertiary/aromatic N) is 3. The minimum Gasteiger partial charge on any atom is -0.373 e. The first kappa shape index (κ1) is 11.2. The van der Waals surface area contributed by atoms with E-state index in [2.05, 4.69) is 34.0 Å². The van der Waals surface area contributed by atoms with Crippen molar-refractivity contribution in [3.8, 4) is 0 Å². The van der Waals surface area contributed by atoms with Crippen LogP contribution in [-0.4, -0.2) is 30.1 Å². The van der Waals surface area contributed by atoms with Crippen LogP contribution in [0, 0.1) is 0 Å². The zero-order valence-electron chi connectivity index (χ0n) is 10.3. The lowest BCUT2D eigenvalue weighted by Crippen LogP contribution is -2.22. The van der Waals surface area contributed by atoms with E-state index in [1.807, 2.05) is 7.05 Å². The molecule has 1 fully saturated rings. The van der Waals surface area contributed by atoms with Gasteiger partial charge in [-0.05, 0) is 18.8 Å². The van der Waals surface area contributed by atoms with E-state index in [-0.39, 0.29) is 0 Å². The van der Waals surface area contributed by atoms with Crippen LogP contribution in [0.3, 0.4) is 0 Å². The summed E-state index contributed by atoms with van der Waals surface area (Å²) in [5.74, 6) is 2.53. The molecule has 0 amide bonds. The van der Waals surface area contributed by atoms with Crippen LogP contribution in [0.1, 0.15) is 38.2 Å². The van der Waals surface area contributed by atoms with Gasteiger partial charge in [-0.3, -0.25) is 0 Å². The minimum atomic E-state index is 0.444. The normalized spacial score (nSPS) is 15.9. The van der Waals surface area contributed by atoms with Crippen molar-refractivity contribution in [1.29, 1.82) is 0 Å². The van der Waals surface area contributed by atoms with Gasteiger partial charge in [0.05, 0.1) is 0 Å². The van der Waals surface area contributed by atoms with Crippen molar-refractivity contribution in [2.24, 2.45) is 0 Å². The fourth-order valence-corrected chi connectivity index (χ4v) is 2.30. The first-order valence-corrected chi connectivity index (χ1v) is 6.01. The Morgan fingerprint density at radius 2 is 1.94 bits per heavy atom. The Bertz CT molecular complexity index is 356. The van der Waals surface area contributed by atoms with E-state index >= 15 is 0 Å². The van der Waals surface area contributed by atoms with Crippen LogP contribution in [0.5, 0.6) is 0 Å². The average molecular weight is 220 g/mol. The largest absolute Gasteiger partial charge is 0.373 e. The molecular formula is C12H20N4. The van der Waals surface area contributed by atoms with Gasteiger partial charge in [-0.2, -0.15) is 0 Å². The molecule has 1 saturated heterocycles. The van der Waals surface area contributed by atoms with Gasteiger partial charge >= 0.3 is 0 Å². The summed E-state index contributed by atoms with van der Waals surface area (Å²) in [7, 11) is 1.92. The third-order valence-corrected chi connectivity index (χ3v) is 3.08. The van der Waals surface area contributed by atoms with Gasteiger partial charge in [0.25, 0.3) is 0 Å². The molecule has 1 aliphatic rings. The van der Waals surface area contributed by atoms with Crippen molar-refractivity contribution < 1.29 is 0 Å². The smallest absolute Gasteiger partial charge is 0.137 e. The van der Waals surface area contributed by atoms with Crippen molar-refractivity contribution in [1.82, 2.24) is 9.97 Å². The minimum absolute atomic E-state index is 0.444. The lowest BCUT2D eigenvalue weighted by Gasteiger charge is -2.23. The second-order valence-electron chi connectivity index (χ2n) is 4.56. The number of nitrogens with one attached hydrogen (secondary N) is 1. The van der Waals surface area contributed by atoms with E-state index in [1.165, 1.54) is 18.4 Å². The molecule has 2 rings (SSSR count). The van der Waals surface area contributed by atoms with Crippen molar-refractivity contribution in [2.75, 3.05) is 30.4 Å². The first-order valence-electron chi connectivity index (χ1n) is 6.01. The average Bonchev–Trinajstić information content (AvgIpc) is 2.81. The third-order valence-electron chi connectivity index (χ3n) is 3.08. The molecule has 88 valence electrons. The Morgan fingerprint density at radius 1 is 1.25 bits per heavy atom. The molecule has 0 aliphatic carbocycles. The Hall–Kier alpha value is -1.32. The van der Waals surface area contributed by atoms with Gasteiger partial charge in [-0.1, -0.05) is 13.8 Å². The maximum Gasteiger partial charge on any atom is 0.137 e. The molecule has 0 radical (unpaired) electrons. The highest BCUT2D eigenvalue weighted by Crippen LogP contribution is 2.32. The summed E-state index contributed by atoms with van der Waals surface area (Å²) >= 11 is 0. The van der Waals surface area contributed by atoms with Gasteiger partial charge in [0.2, 0.25) is 0 Å². The van der Waals surface area contributed by atoms with Gasteiger partial charge in [-0.15, -0.1) is 0 Å². The summed E-state index contributed by atoms with van der Waals surface area (Å²) in [4.78, 5) is 11.1. The van der Waals surface area contributed by atoms with Crippen LogP contribution in [0.4, 0.5) is 11.6 Å². The van der Waals surface area contributed by atoms with Crippen molar-refractivity contribution in [2.45, 2.75) is 32.6 Å². The summed E-state index contributed by atoms with van der Waals surface area (Å²) in [6.45, 7) is 6.64. The fourth-order valence-electron chi connectivity index (χ4n) is 2.30. The Labute approximate surface area is 97.1 Å². The van der Waals surface area contributed by atoms with Crippen LogP contribution < -0.4 is 10.2 Å². The summed E-state index contributed by atoms with van der Waals surface area (Å²) < 4.78 is 0. The highest BCUT2D eigenvalue weighted by atomic mass is 15.2. The summed E-state index contributed by atoms with van der Waals surface area (Å²) in [5, 5.41) is 3.16. The van der Waals surface area contributed by atoms with Crippen LogP contribution in [0.15, 0.2) is 6.33 Å². The topological polar surface area (TPSA) is 41.1 Å². The number of hydrogen-bond acceptors (Lipinski definition) is 4. The van der Waals surface area contributed by atoms with Gasteiger partial charge in [0.1, 0.15) is 18.0 Å². The summed E-state index contributed by atoms with van der Waals surface area (Å²) in [6.07, 6.45) is 4.21. The quantitative estimate of drug-likeness (QED) is 0.848. The maximum absolute atomic E-state index is 4.47. The van der Waals surface area contributed by atoms with Crippen LogP contribution in [-0.2, 0) is 0 Å². The Morgan fingerprint density at radius 3 is 2.50 bits per heavy atom. The molecule has 0 aromatic carbocycles. The highest BCUT2D eigenvalue weighted by molar-refractivity contribution is 5.60. The third kappa shape index (κ3) is 1.96. The Balaban J connectivity index is 2.42. The molecular weight excluding hydrogens is 200 g/mol. The fraction of sp³-hybridized carbons (Fsp3) is 0.667. The molecule has 2 heterocycles. The molecule has 1 N–H and O–H groups in total. The number of anilines is 2. The van der Waals surface area contributed by atoms with E-state index in [0.29, 0.717) is 5.92 Å². The lowest BCUT2D eigenvalue weighted by molar-refractivity contribution is 0.819. The molecule has 16 heavy (non-hydrogen) atoms. The monoisotopic (exact) mass is 220 g/mol. The molecule has 0 saturated carbocycles. The molecule has 1 aliphatic heterocycles. The molecule has 4 nitrogen and oxygen atoms in total. The van der Waals surface area contributed by atoms with E-state index in [9.17, 15) is 0 Å². The molecule has 0 spiro atoms. The number of aromatic nitrogens is 2. The molecule has 4 heteroatoms. The predicted molar refractivity (Wildman–Crippen MR) is 67.1 cm³/mol. The van der Waals surface area contributed by atoms with Gasteiger partial charge in [-0.25, -0.2) is 9.97 Å². The van der Waals surface area contributed by atoms with Crippen molar-refractivity contribution in [3.63, 3.8) is 0 Å². The second-order valence-corrected chi connectivity index (χ2v) is 4.56. The predicted octanol–water partition coefficient (Wildman–Crippen LogP) is 2.24. The van der Waals surface area contributed by atoms with Crippen LogP contribution >= 0.6 is 0 Å². The van der Waals surface area contributed by atoms with Gasteiger partial charge < -0.3 is 10.2 Å². The van der Waals surface area contributed by atoms with E-state index in [0.717, 1.165) is 24.7 Å². The Kier molecular flexibility index (Phi) is 3.27. The SMILES string of the molecule is CNc1ncnc(N2CCCC2)c1C(C)C. The molecule has 0 atom stereocenters. The van der Waals surface area contributed by atoms with Gasteiger partial charge in [0, 0.05) is 25.7 Å². The molecule has 0 bridgehead atoms. The van der Waals surface area contributed by atoms with E-state index in [1.54, 1.807) is 6.33 Å². The summed E-state index contributed by atoms with van der Waals surface area (Å²) in [6, 6.07) is 0. The molecule has 1 aromatic rings. The zero-order valence-corrected chi connectivity index (χ0v) is 10.3. The van der Waals surface area contributed by atoms with Crippen LogP contribution in [0.25, 0.3) is 0 Å². The number of rotatable bonds is 3. The second kappa shape index (κ2) is 4.68. The highest BCUT2D eigenvalue weighted by Gasteiger charge is 2.21. The zero-order chi connectivity index (χ0) is 11.5. The molecule has 1 aromatic heterocycles. The number of hydrogen-bond donors (Lipinski definition) is 1. The summed E-state index contributed by atoms with van der Waals surface area (Å²) in [5.41, 5.74) is 1.24. The van der Waals surface area contributed by atoms with E-state index in [4.69, 9.17) is 0 Å². The standard InChI is InChI=1S/C12H20N4/c1-9(2)10-11(13-3)14-8-15-12(10)16-6-4-5-7-16/h8-9H,4-7H2,1-3H3,(H,13,14,15). The maximum atomic E-state index is 4.47. The van der Waals surface area contributed by atoms with Crippen molar-refractivity contribution >= 4 is 11.6 Å². The first-order chi connectivity index (χ1) is 7.74. The van der Waals surface area contributed by atoms with E-state index < -0.39 is 0 Å². The van der Waals surface area contributed by atoms with Gasteiger partial charge in [0.15, 0.2) is 0 Å². The molecule has 0 unspecified atom stereocenters. The lowest BCUT2D eigenvalue weighted by atomic mass is 10.0. The van der Waals surface area contributed by atoms with Crippen molar-refractivity contribution in [3.05, 3.63) is 11.9 Å². The van der Waals surface area contributed by atoms with Crippen LogP contribution in [0.2, 0.25) is 0 Å².